The van der Waals surface area contributed by atoms with Gasteiger partial charge in [0.15, 0.2) is 0 Å². The molecule has 4 rings (SSSR count). The van der Waals surface area contributed by atoms with Gasteiger partial charge in [-0.05, 0) is 59.0 Å². The van der Waals surface area contributed by atoms with Crippen molar-refractivity contribution in [3.63, 3.8) is 0 Å². The van der Waals surface area contributed by atoms with E-state index in [4.69, 9.17) is 21.1 Å². The van der Waals surface area contributed by atoms with Crippen molar-refractivity contribution in [2.24, 2.45) is 0 Å². The van der Waals surface area contributed by atoms with Gasteiger partial charge in [0, 0.05) is 21.0 Å². The third-order valence-electron chi connectivity index (χ3n) is 4.83. The van der Waals surface area contributed by atoms with Crippen molar-refractivity contribution in [1.29, 1.82) is 0 Å². The number of carbonyl (C=O) groups is 1. The first-order valence-corrected chi connectivity index (χ1v) is 10.8. The molecule has 0 bridgehead atoms. The second-order valence-electron chi connectivity index (χ2n) is 6.80. The van der Waals surface area contributed by atoms with Crippen LogP contribution in [-0.4, -0.2) is 18.2 Å². The van der Waals surface area contributed by atoms with Crippen molar-refractivity contribution in [1.82, 2.24) is 0 Å². The highest BCUT2D eigenvalue weighted by atomic mass is 35.5. The number of methoxy groups -OCH3 is 1. The third-order valence-corrected chi connectivity index (χ3v) is 6.02. The van der Waals surface area contributed by atoms with E-state index in [0.717, 1.165) is 27.1 Å². The molecule has 0 atom stereocenters. The van der Waals surface area contributed by atoms with Crippen LogP contribution in [0.4, 0.5) is 0 Å². The van der Waals surface area contributed by atoms with Crippen molar-refractivity contribution in [2.45, 2.75) is 6.61 Å². The first-order valence-electron chi connectivity index (χ1n) is 9.52. The summed E-state index contributed by atoms with van der Waals surface area (Å²) in [4.78, 5) is 12.6. The molecular formula is C25H19ClO4S. The number of rotatable bonds is 7. The zero-order chi connectivity index (χ0) is 21.8. The van der Waals surface area contributed by atoms with E-state index in [2.05, 4.69) is 0 Å². The molecule has 1 heterocycles. The Kier molecular flexibility index (Phi) is 6.26. The summed E-state index contributed by atoms with van der Waals surface area (Å²) in [5, 5.41) is 12.1. The van der Waals surface area contributed by atoms with Crippen molar-refractivity contribution >= 4 is 28.9 Å². The van der Waals surface area contributed by atoms with Crippen LogP contribution in [0.1, 0.15) is 15.9 Å². The van der Waals surface area contributed by atoms with Gasteiger partial charge in [0.1, 0.15) is 23.7 Å². The van der Waals surface area contributed by atoms with Gasteiger partial charge in [-0.3, -0.25) is 0 Å². The maximum atomic E-state index is 11.7. The molecule has 156 valence electrons. The number of thiophene rings is 1. The van der Waals surface area contributed by atoms with Gasteiger partial charge in [-0.25, -0.2) is 4.79 Å². The van der Waals surface area contributed by atoms with E-state index in [0.29, 0.717) is 23.1 Å². The molecule has 0 spiro atoms. The number of carboxylic acids is 1. The average molecular weight is 451 g/mol. The highest BCUT2D eigenvalue weighted by molar-refractivity contribution is 7.14. The van der Waals surface area contributed by atoms with E-state index in [9.17, 15) is 9.90 Å². The summed E-state index contributed by atoms with van der Waals surface area (Å²) in [6.07, 6.45) is 0. The van der Waals surface area contributed by atoms with E-state index >= 15 is 0 Å². The van der Waals surface area contributed by atoms with E-state index in [1.54, 1.807) is 18.2 Å². The number of ether oxygens (including phenoxy) is 2. The largest absolute Gasteiger partial charge is 0.496 e. The van der Waals surface area contributed by atoms with Gasteiger partial charge in [-0.1, -0.05) is 41.9 Å². The first-order chi connectivity index (χ1) is 15.1. The van der Waals surface area contributed by atoms with Crippen LogP contribution in [0.3, 0.4) is 0 Å². The molecule has 0 aliphatic rings. The molecule has 0 aliphatic heterocycles. The lowest BCUT2D eigenvalue weighted by Crippen LogP contribution is -2.00. The summed E-state index contributed by atoms with van der Waals surface area (Å²) in [6, 6.07) is 22.6. The van der Waals surface area contributed by atoms with Crippen LogP contribution < -0.4 is 9.47 Å². The Morgan fingerprint density at radius 1 is 0.968 bits per heavy atom. The lowest BCUT2D eigenvalue weighted by atomic mass is 10.0. The lowest BCUT2D eigenvalue weighted by molar-refractivity contribution is 0.0693. The zero-order valence-electron chi connectivity index (χ0n) is 16.7. The van der Waals surface area contributed by atoms with E-state index < -0.39 is 5.97 Å². The minimum atomic E-state index is -1.04. The predicted octanol–water partition coefficient (Wildman–Crippen LogP) is 7.02. The van der Waals surface area contributed by atoms with Crippen LogP contribution >= 0.6 is 22.9 Å². The van der Waals surface area contributed by atoms with Crippen LogP contribution in [0.5, 0.6) is 11.5 Å². The van der Waals surface area contributed by atoms with Gasteiger partial charge in [-0.15, -0.1) is 11.3 Å². The molecule has 4 nitrogen and oxygen atoms in total. The number of benzene rings is 3. The summed E-state index contributed by atoms with van der Waals surface area (Å²) < 4.78 is 11.3. The molecule has 0 amide bonds. The number of carboxylic acid groups (broad SMARTS) is 1. The number of hydrogen-bond donors (Lipinski definition) is 1. The van der Waals surface area contributed by atoms with Gasteiger partial charge < -0.3 is 14.6 Å². The van der Waals surface area contributed by atoms with Crippen LogP contribution in [0, 0.1) is 0 Å². The second-order valence-corrected chi connectivity index (χ2v) is 8.15. The quantitative estimate of drug-likeness (QED) is 0.328. The number of hydrogen-bond acceptors (Lipinski definition) is 4. The minimum Gasteiger partial charge on any atom is -0.496 e. The van der Waals surface area contributed by atoms with Crippen molar-refractivity contribution in [3.8, 4) is 33.1 Å². The Morgan fingerprint density at radius 3 is 2.48 bits per heavy atom. The van der Waals surface area contributed by atoms with Crippen molar-refractivity contribution in [3.05, 3.63) is 94.3 Å². The van der Waals surface area contributed by atoms with Gasteiger partial charge >= 0.3 is 5.97 Å². The van der Waals surface area contributed by atoms with E-state index in [1.807, 2.05) is 60.0 Å². The fraction of sp³-hybridized carbons (Fsp3) is 0.0800. The predicted molar refractivity (Wildman–Crippen MR) is 124 cm³/mol. The summed E-state index contributed by atoms with van der Waals surface area (Å²) in [7, 11) is 1.46. The van der Waals surface area contributed by atoms with Gasteiger partial charge in [0.05, 0.1) is 7.11 Å². The van der Waals surface area contributed by atoms with Gasteiger partial charge in [0.2, 0.25) is 0 Å². The summed E-state index contributed by atoms with van der Waals surface area (Å²) in [5.41, 5.74) is 3.75. The van der Waals surface area contributed by atoms with Crippen LogP contribution in [-0.2, 0) is 6.61 Å². The normalized spacial score (nSPS) is 10.6. The van der Waals surface area contributed by atoms with E-state index in [1.165, 1.54) is 18.4 Å². The zero-order valence-corrected chi connectivity index (χ0v) is 18.2. The third kappa shape index (κ3) is 4.58. The molecule has 1 aromatic heterocycles. The molecule has 0 unspecified atom stereocenters. The molecule has 1 N–H and O–H groups in total. The Balaban J connectivity index is 1.74. The Bertz CT molecular complexity index is 1220. The highest BCUT2D eigenvalue weighted by Gasteiger charge is 2.18. The molecule has 4 aromatic rings. The summed E-state index contributed by atoms with van der Waals surface area (Å²) in [6.45, 7) is 0.431. The summed E-state index contributed by atoms with van der Waals surface area (Å²) >= 11 is 7.84. The van der Waals surface area contributed by atoms with Gasteiger partial charge in [0.25, 0.3) is 0 Å². The summed E-state index contributed by atoms with van der Waals surface area (Å²) in [5.74, 6) is -0.00434. The molecule has 31 heavy (non-hydrogen) atoms. The SMILES string of the molecule is COc1ccc(-c2sccc2-c2cc(Cl)ccc2OCc2ccccc2)cc1C(=O)O. The molecule has 0 saturated carbocycles. The maximum absolute atomic E-state index is 11.7. The fourth-order valence-corrected chi connectivity index (χ4v) is 4.42. The van der Waals surface area contributed by atoms with Crippen LogP contribution in [0.2, 0.25) is 5.02 Å². The molecular weight excluding hydrogens is 432 g/mol. The van der Waals surface area contributed by atoms with Crippen molar-refractivity contribution < 1.29 is 19.4 Å². The fourth-order valence-electron chi connectivity index (χ4n) is 3.34. The minimum absolute atomic E-state index is 0.117. The highest BCUT2D eigenvalue weighted by Crippen LogP contribution is 2.43. The van der Waals surface area contributed by atoms with Crippen molar-refractivity contribution in [2.75, 3.05) is 7.11 Å². The number of aromatic carboxylic acids is 1. The smallest absolute Gasteiger partial charge is 0.339 e. The van der Waals surface area contributed by atoms with Crippen LogP contribution in [0.15, 0.2) is 78.2 Å². The Morgan fingerprint density at radius 2 is 1.74 bits per heavy atom. The Hall–Kier alpha value is -3.28. The van der Waals surface area contributed by atoms with Gasteiger partial charge in [-0.2, -0.15) is 0 Å². The molecule has 6 heteroatoms. The van der Waals surface area contributed by atoms with Crippen LogP contribution in [0.25, 0.3) is 21.6 Å². The second kappa shape index (κ2) is 9.25. The lowest BCUT2D eigenvalue weighted by Gasteiger charge is -2.14. The monoisotopic (exact) mass is 450 g/mol. The molecule has 0 saturated heterocycles. The molecule has 3 aromatic carbocycles. The van der Waals surface area contributed by atoms with E-state index in [-0.39, 0.29) is 5.56 Å². The molecule has 0 radical (unpaired) electrons. The Labute approximate surface area is 189 Å². The number of halogens is 1. The molecule has 0 fully saturated rings. The standard InChI is InChI=1S/C25H19ClO4S/c1-29-22-9-7-17(13-21(22)25(27)28)24-19(11-12-31-24)20-14-18(26)8-10-23(20)30-15-16-5-3-2-4-6-16/h2-14H,15H2,1H3,(H,27,28). The topological polar surface area (TPSA) is 55.8 Å². The first kappa shape index (κ1) is 21.0. The average Bonchev–Trinajstić information content (AvgIpc) is 3.28. The molecule has 0 aliphatic carbocycles. The maximum Gasteiger partial charge on any atom is 0.339 e.